The minimum Gasteiger partial charge on any atom is -0.354 e. The fourth-order valence-electron chi connectivity index (χ4n) is 8.25. The van der Waals surface area contributed by atoms with E-state index in [0.29, 0.717) is 5.92 Å². The standard InChI is InChI=1S/C38H25NS/c1-21-14-15-23-22-8-2-5-11-29(22)38(32(23)18-21)30-12-6-3-10-26(30)36-31(38)17-16-25-27-19-28-24-9-4-7-13-34(24)40-35(28)20-33(27)39-37(25)36/h2-17,19-21,39H,18H2,1H3. The zero-order chi connectivity index (χ0) is 26.2. The molecule has 0 aliphatic heterocycles. The molecule has 2 aromatic heterocycles. The number of rotatable bonds is 0. The first-order chi connectivity index (χ1) is 19.7. The smallest absolute Gasteiger partial charge is 0.0689 e. The molecule has 40 heavy (non-hydrogen) atoms. The molecule has 0 saturated carbocycles. The SMILES string of the molecule is CC1C=CC2=C(C1)C1(c3ccccc32)c2ccccc2-c2c1ccc1c2[nH]c2cc3sc4ccccc4c3cc21. The highest BCUT2D eigenvalue weighted by atomic mass is 32.1. The minimum absolute atomic E-state index is 0.237. The van der Waals surface area contributed by atoms with Gasteiger partial charge in [0.2, 0.25) is 0 Å². The Morgan fingerprint density at radius 1 is 0.700 bits per heavy atom. The Morgan fingerprint density at radius 2 is 1.48 bits per heavy atom. The van der Waals surface area contributed by atoms with E-state index in [-0.39, 0.29) is 5.41 Å². The van der Waals surface area contributed by atoms with Crippen molar-refractivity contribution in [2.75, 3.05) is 0 Å². The van der Waals surface area contributed by atoms with Crippen LogP contribution in [0.5, 0.6) is 0 Å². The van der Waals surface area contributed by atoms with Gasteiger partial charge >= 0.3 is 0 Å². The second-order valence-electron chi connectivity index (χ2n) is 11.8. The Bertz CT molecular complexity index is 2320. The quantitative estimate of drug-likeness (QED) is 0.202. The van der Waals surface area contributed by atoms with Gasteiger partial charge in [0.15, 0.2) is 0 Å². The van der Waals surface area contributed by atoms with E-state index in [0.717, 1.165) is 6.42 Å². The van der Waals surface area contributed by atoms with Gasteiger partial charge in [-0.3, -0.25) is 0 Å². The summed E-state index contributed by atoms with van der Waals surface area (Å²) in [5.41, 5.74) is 13.7. The molecule has 0 bridgehead atoms. The molecular weight excluding hydrogens is 502 g/mol. The van der Waals surface area contributed by atoms with E-state index in [2.05, 4.69) is 121 Å². The maximum Gasteiger partial charge on any atom is 0.0689 e. The maximum atomic E-state index is 3.94. The van der Waals surface area contributed by atoms with Crippen LogP contribution in [0.4, 0.5) is 0 Å². The van der Waals surface area contributed by atoms with Crippen LogP contribution in [0.3, 0.4) is 0 Å². The van der Waals surface area contributed by atoms with Gasteiger partial charge in [-0.25, -0.2) is 0 Å². The average Bonchev–Trinajstić information content (AvgIpc) is 3.70. The highest BCUT2D eigenvalue weighted by molar-refractivity contribution is 7.25. The second-order valence-corrected chi connectivity index (χ2v) is 12.9. The van der Waals surface area contributed by atoms with E-state index in [1.54, 1.807) is 5.57 Å². The molecule has 5 aromatic carbocycles. The van der Waals surface area contributed by atoms with Crippen LogP contribution in [0.1, 0.15) is 35.6 Å². The molecule has 3 aliphatic rings. The third kappa shape index (κ3) is 2.38. The molecule has 1 N–H and O–H groups in total. The van der Waals surface area contributed by atoms with Crippen LogP contribution in [0, 0.1) is 5.92 Å². The van der Waals surface area contributed by atoms with Crippen molar-refractivity contribution in [2.45, 2.75) is 18.8 Å². The van der Waals surface area contributed by atoms with Crippen molar-refractivity contribution >= 4 is 58.9 Å². The maximum absolute atomic E-state index is 3.94. The topological polar surface area (TPSA) is 15.8 Å². The van der Waals surface area contributed by atoms with Crippen molar-refractivity contribution in [1.82, 2.24) is 4.98 Å². The lowest BCUT2D eigenvalue weighted by molar-refractivity contribution is 0.631. The Hall–Kier alpha value is -4.40. The average molecular weight is 528 g/mol. The number of fused-ring (bicyclic) bond motifs is 16. The predicted molar refractivity (Wildman–Crippen MR) is 170 cm³/mol. The molecule has 2 heteroatoms. The molecule has 1 spiro atoms. The number of allylic oxidation sites excluding steroid dienone is 4. The number of hydrogen-bond donors (Lipinski definition) is 1. The molecule has 0 fully saturated rings. The van der Waals surface area contributed by atoms with Crippen molar-refractivity contribution < 1.29 is 0 Å². The van der Waals surface area contributed by atoms with E-state index in [1.165, 1.54) is 80.9 Å². The third-order valence-corrected chi connectivity index (χ3v) is 10.9. The Kier molecular flexibility index (Phi) is 3.86. The summed E-state index contributed by atoms with van der Waals surface area (Å²) in [6.45, 7) is 2.36. The lowest BCUT2D eigenvalue weighted by atomic mass is 9.67. The van der Waals surface area contributed by atoms with Gasteiger partial charge in [-0.05, 0) is 69.5 Å². The van der Waals surface area contributed by atoms with Crippen LogP contribution >= 0.6 is 11.3 Å². The van der Waals surface area contributed by atoms with Crippen molar-refractivity contribution in [3.8, 4) is 11.1 Å². The van der Waals surface area contributed by atoms with Crippen LogP contribution in [-0.4, -0.2) is 4.98 Å². The summed E-state index contributed by atoms with van der Waals surface area (Å²) < 4.78 is 2.70. The molecule has 1 nitrogen and oxygen atoms in total. The summed E-state index contributed by atoms with van der Waals surface area (Å²) in [5, 5.41) is 5.34. The molecule has 10 rings (SSSR count). The molecule has 0 saturated heterocycles. The van der Waals surface area contributed by atoms with Gasteiger partial charge < -0.3 is 4.98 Å². The lowest BCUT2D eigenvalue weighted by Gasteiger charge is -2.34. The molecule has 2 heterocycles. The van der Waals surface area contributed by atoms with Crippen LogP contribution < -0.4 is 0 Å². The number of H-pyrrole nitrogens is 1. The normalized spacial score (nSPS) is 20.7. The van der Waals surface area contributed by atoms with Crippen LogP contribution in [0.25, 0.3) is 58.7 Å². The van der Waals surface area contributed by atoms with Gasteiger partial charge in [-0.15, -0.1) is 11.3 Å². The van der Waals surface area contributed by atoms with Crippen molar-refractivity contribution in [3.63, 3.8) is 0 Å². The van der Waals surface area contributed by atoms with E-state index in [1.807, 2.05) is 11.3 Å². The van der Waals surface area contributed by atoms with Gasteiger partial charge in [0.25, 0.3) is 0 Å². The predicted octanol–water partition coefficient (Wildman–Crippen LogP) is 10.4. The van der Waals surface area contributed by atoms with Gasteiger partial charge in [0.1, 0.15) is 0 Å². The molecule has 0 amide bonds. The summed E-state index contributed by atoms with van der Waals surface area (Å²) in [6, 6.07) is 36.8. The van der Waals surface area contributed by atoms with Crippen molar-refractivity contribution in [1.29, 1.82) is 0 Å². The lowest BCUT2D eigenvalue weighted by Crippen LogP contribution is -2.28. The van der Waals surface area contributed by atoms with E-state index in [4.69, 9.17) is 0 Å². The minimum atomic E-state index is -0.237. The molecule has 188 valence electrons. The van der Waals surface area contributed by atoms with Gasteiger partial charge in [0, 0.05) is 42.0 Å². The van der Waals surface area contributed by atoms with Gasteiger partial charge in [0.05, 0.1) is 10.9 Å². The van der Waals surface area contributed by atoms with E-state index in [9.17, 15) is 0 Å². The zero-order valence-corrected chi connectivity index (χ0v) is 22.9. The monoisotopic (exact) mass is 527 g/mol. The van der Waals surface area contributed by atoms with Gasteiger partial charge in [-0.2, -0.15) is 0 Å². The molecule has 3 aliphatic carbocycles. The largest absolute Gasteiger partial charge is 0.354 e. The van der Waals surface area contributed by atoms with Crippen LogP contribution in [0.15, 0.2) is 115 Å². The van der Waals surface area contributed by atoms with Crippen LogP contribution in [-0.2, 0) is 5.41 Å². The summed E-state index contributed by atoms with van der Waals surface area (Å²) in [4.78, 5) is 3.94. The first-order valence-electron chi connectivity index (χ1n) is 14.3. The second kappa shape index (κ2) is 7.21. The summed E-state index contributed by atoms with van der Waals surface area (Å²) in [6.07, 6.45) is 5.88. The number of benzene rings is 5. The number of hydrogen-bond acceptors (Lipinski definition) is 1. The Morgan fingerprint density at radius 3 is 2.38 bits per heavy atom. The molecule has 2 unspecified atom stereocenters. The molecular formula is C38H25NS. The van der Waals surface area contributed by atoms with E-state index < -0.39 is 0 Å². The summed E-state index contributed by atoms with van der Waals surface area (Å²) in [7, 11) is 0. The summed E-state index contributed by atoms with van der Waals surface area (Å²) in [5.74, 6) is 0.528. The first kappa shape index (κ1) is 21.4. The molecule has 0 radical (unpaired) electrons. The number of aromatic nitrogens is 1. The van der Waals surface area contributed by atoms with E-state index >= 15 is 0 Å². The fraction of sp³-hybridized carbons (Fsp3) is 0.105. The Balaban J connectivity index is 1.35. The highest BCUT2D eigenvalue weighted by Crippen LogP contribution is 2.64. The number of aromatic amines is 1. The van der Waals surface area contributed by atoms with Gasteiger partial charge in [-0.1, -0.05) is 97.9 Å². The van der Waals surface area contributed by atoms with Crippen LogP contribution in [0.2, 0.25) is 0 Å². The number of thiophene rings is 1. The third-order valence-electron chi connectivity index (χ3n) is 9.79. The molecule has 7 aromatic rings. The van der Waals surface area contributed by atoms with Crippen molar-refractivity contribution in [3.05, 3.63) is 137 Å². The first-order valence-corrected chi connectivity index (χ1v) is 15.1. The highest BCUT2D eigenvalue weighted by Gasteiger charge is 2.53. The number of nitrogens with one attached hydrogen (secondary N) is 1. The summed E-state index contributed by atoms with van der Waals surface area (Å²) >= 11 is 1.89. The fourth-order valence-corrected chi connectivity index (χ4v) is 9.37. The zero-order valence-electron chi connectivity index (χ0n) is 22.1. The molecule has 2 atom stereocenters. The van der Waals surface area contributed by atoms with Crippen molar-refractivity contribution in [2.24, 2.45) is 5.92 Å². The Labute approximate surface area is 236 Å².